The maximum Gasteiger partial charge on any atom is 0.157 e. The van der Waals surface area contributed by atoms with Crippen molar-refractivity contribution in [2.24, 2.45) is 0 Å². The molecule has 80 valence electrons. The van der Waals surface area contributed by atoms with E-state index in [2.05, 4.69) is 10.3 Å². The number of benzene rings is 1. The maximum atomic E-state index is 9.15. The molecule has 1 aromatic carbocycles. The van der Waals surface area contributed by atoms with Gasteiger partial charge in [-0.05, 0) is 24.1 Å². The summed E-state index contributed by atoms with van der Waals surface area (Å²) in [5.74, 6) is -0.182. The van der Waals surface area contributed by atoms with Gasteiger partial charge in [0.15, 0.2) is 11.5 Å². The number of aromatic hydroxyl groups is 2. The average molecular weight is 220 g/mol. The van der Waals surface area contributed by atoms with Crippen molar-refractivity contribution in [3.63, 3.8) is 0 Å². The third-order valence-corrected chi connectivity index (χ3v) is 1.70. The Bertz CT molecular complexity index is 281. The SMILES string of the molecule is CONCCc1ccc(O)c(O)c1.Cl. The largest absolute Gasteiger partial charge is 0.504 e. The number of hydrogen-bond donors (Lipinski definition) is 3. The third kappa shape index (κ3) is 3.83. The molecule has 0 aliphatic heterocycles. The van der Waals surface area contributed by atoms with E-state index in [0.717, 1.165) is 12.0 Å². The Morgan fingerprint density at radius 2 is 2.00 bits per heavy atom. The number of rotatable bonds is 4. The molecule has 0 saturated carbocycles. The Kier molecular flexibility index (Phi) is 6.03. The van der Waals surface area contributed by atoms with Gasteiger partial charge in [-0.2, -0.15) is 0 Å². The fourth-order valence-corrected chi connectivity index (χ4v) is 1.02. The van der Waals surface area contributed by atoms with E-state index in [1.807, 2.05) is 0 Å². The summed E-state index contributed by atoms with van der Waals surface area (Å²) in [4.78, 5) is 4.66. The van der Waals surface area contributed by atoms with Crippen molar-refractivity contribution in [2.75, 3.05) is 13.7 Å². The van der Waals surface area contributed by atoms with Crippen LogP contribution in [0.5, 0.6) is 11.5 Å². The van der Waals surface area contributed by atoms with Crippen LogP contribution >= 0.6 is 12.4 Å². The second kappa shape index (κ2) is 6.48. The van der Waals surface area contributed by atoms with Gasteiger partial charge in [-0.3, -0.25) is 0 Å². The summed E-state index contributed by atoms with van der Waals surface area (Å²) in [6.45, 7) is 0.667. The molecule has 0 spiro atoms. The quantitative estimate of drug-likeness (QED) is 0.405. The standard InChI is InChI=1S/C9H13NO3.ClH/c1-13-10-5-4-7-2-3-8(11)9(12)6-7;/h2-3,6,10-12H,4-5H2,1H3;1H. The molecule has 0 aromatic heterocycles. The molecule has 5 heteroatoms. The first-order chi connectivity index (χ1) is 6.24. The highest BCUT2D eigenvalue weighted by Crippen LogP contribution is 2.24. The van der Waals surface area contributed by atoms with E-state index in [4.69, 9.17) is 10.2 Å². The molecule has 14 heavy (non-hydrogen) atoms. The molecule has 3 N–H and O–H groups in total. The van der Waals surface area contributed by atoms with Gasteiger partial charge in [-0.1, -0.05) is 6.07 Å². The van der Waals surface area contributed by atoms with Gasteiger partial charge in [0.2, 0.25) is 0 Å². The molecular weight excluding hydrogens is 206 g/mol. The highest BCUT2D eigenvalue weighted by atomic mass is 35.5. The van der Waals surface area contributed by atoms with E-state index in [0.29, 0.717) is 6.54 Å². The Balaban J connectivity index is 0.00000169. The van der Waals surface area contributed by atoms with Crippen LogP contribution in [0.15, 0.2) is 18.2 Å². The van der Waals surface area contributed by atoms with Crippen molar-refractivity contribution in [3.8, 4) is 11.5 Å². The molecule has 0 amide bonds. The first-order valence-corrected chi connectivity index (χ1v) is 4.00. The third-order valence-electron chi connectivity index (χ3n) is 1.70. The minimum Gasteiger partial charge on any atom is -0.504 e. The van der Waals surface area contributed by atoms with Crippen LogP contribution in [0.1, 0.15) is 5.56 Å². The topological polar surface area (TPSA) is 61.7 Å². The minimum absolute atomic E-state index is 0. The Morgan fingerprint density at radius 1 is 1.29 bits per heavy atom. The zero-order valence-corrected chi connectivity index (χ0v) is 8.67. The molecule has 4 nitrogen and oxygen atoms in total. The van der Waals surface area contributed by atoms with Gasteiger partial charge in [0.1, 0.15) is 0 Å². The van der Waals surface area contributed by atoms with Gasteiger partial charge in [0.05, 0.1) is 7.11 Å². The van der Waals surface area contributed by atoms with Gasteiger partial charge >= 0.3 is 0 Å². The van der Waals surface area contributed by atoms with Crippen LogP contribution in [0.25, 0.3) is 0 Å². The van der Waals surface area contributed by atoms with Crippen molar-refractivity contribution in [1.29, 1.82) is 0 Å². The number of halogens is 1. The van der Waals surface area contributed by atoms with Gasteiger partial charge < -0.3 is 15.1 Å². The Hall–Kier alpha value is -0.970. The first kappa shape index (κ1) is 13.0. The summed E-state index contributed by atoms with van der Waals surface area (Å²) in [7, 11) is 1.55. The molecular formula is C9H14ClNO3. The summed E-state index contributed by atoms with van der Waals surface area (Å²) in [6.07, 6.45) is 0.738. The van der Waals surface area contributed by atoms with Crippen LogP contribution in [-0.2, 0) is 11.3 Å². The summed E-state index contributed by atoms with van der Waals surface area (Å²) < 4.78 is 0. The van der Waals surface area contributed by atoms with E-state index in [9.17, 15) is 0 Å². The van der Waals surface area contributed by atoms with E-state index in [-0.39, 0.29) is 23.9 Å². The number of phenolic OH excluding ortho intramolecular Hbond substituents is 2. The van der Waals surface area contributed by atoms with Crippen molar-refractivity contribution < 1.29 is 15.1 Å². The molecule has 0 atom stereocenters. The zero-order chi connectivity index (χ0) is 9.68. The molecule has 0 aliphatic carbocycles. The van der Waals surface area contributed by atoms with Crippen LogP contribution < -0.4 is 5.48 Å². The van der Waals surface area contributed by atoms with E-state index in [1.165, 1.54) is 12.1 Å². The molecule has 1 aromatic rings. The average Bonchev–Trinajstić information content (AvgIpc) is 2.12. The Labute approximate surface area is 88.9 Å². The van der Waals surface area contributed by atoms with Gasteiger partial charge in [0, 0.05) is 6.54 Å². The van der Waals surface area contributed by atoms with Crippen LogP contribution in [0.3, 0.4) is 0 Å². The van der Waals surface area contributed by atoms with Crippen LogP contribution in [0.2, 0.25) is 0 Å². The van der Waals surface area contributed by atoms with Crippen LogP contribution in [0, 0.1) is 0 Å². The fraction of sp³-hybridized carbons (Fsp3) is 0.333. The normalized spacial score (nSPS) is 9.50. The van der Waals surface area contributed by atoms with Crippen LogP contribution in [-0.4, -0.2) is 23.9 Å². The predicted octanol–water partition coefficient (Wildman–Crippen LogP) is 1.21. The smallest absolute Gasteiger partial charge is 0.157 e. The lowest BCUT2D eigenvalue weighted by atomic mass is 10.1. The second-order valence-corrected chi connectivity index (χ2v) is 2.67. The molecule has 0 fully saturated rings. The molecule has 1 rings (SSSR count). The summed E-state index contributed by atoms with van der Waals surface area (Å²) in [6, 6.07) is 4.76. The lowest BCUT2D eigenvalue weighted by Gasteiger charge is -2.03. The molecule has 0 saturated heterocycles. The summed E-state index contributed by atoms with van der Waals surface area (Å²) in [5.41, 5.74) is 3.63. The number of phenols is 2. The van der Waals surface area contributed by atoms with Gasteiger partial charge in [0.25, 0.3) is 0 Å². The van der Waals surface area contributed by atoms with Crippen molar-refractivity contribution in [1.82, 2.24) is 5.48 Å². The first-order valence-electron chi connectivity index (χ1n) is 4.00. The lowest BCUT2D eigenvalue weighted by molar-refractivity contribution is 0.0928. The van der Waals surface area contributed by atoms with Crippen LogP contribution in [0.4, 0.5) is 0 Å². The van der Waals surface area contributed by atoms with Crippen molar-refractivity contribution >= 4 is 12.4 Å². The number of hydrogen-bond acceptors (Lipinski definition) is 4. The van der Waals surface area contributed by atoms with E-state index < -0.39 is 0 Å². The fourth-order valence-electron chi connectivity index (χ4n) is 1.02. The predicted molar refractivity (Wildman–Crippen MR) is 55.7 cm³/mol. The van der Waals surface area contributed by atoms with E-state index in [1.54, 1.807) is 13.2 Å². The van der Waals surface area contributed by atoms with Crippen molar-refractivity contribution in [2.45, 2.75) is 6.42 Å². The van der Waals surface area contributed by atoms with Gasteiger partial charge in [-0.15, -0.1) is 12.4 Å². The van der Waals surface area contributed by atoms with E-state index >= 15 is 0 Å². The Morgan fingerprint density at radius 3 is 2.57 bits per heavy atom. The maximum absolute atomic E-state index is 9.15. The zero-order valence-electron chi connectivity index (χ0n) is 7.86. The molecule has 0 aliphatic rings. The highest BCUT2D eigenvalue weighted by Gasteiger charge is 1.99. The minimum atomic E-state index is -0.0940. The number of nitrogens with one attached hydrogen (secondary N) is 1. The van der Waals surface area contributed by atoms with Crippen molar-refractivity contribution in [3.05, 3.63) is 23.8 Å². The molecule has 0 bridgehead atoms. The van der Waals surface area contributed by atoms with Gasteiger partial charge in [-0.25, -0.2) is 5.48 Å². The summed E-state index contributed by atoms with van der Waals surface area (Å²) >= 11 is 0. The summed E-state index contributed by atoms with van der Waals surface area (Å²) in [5, 5.41) is 18.2. The monoisotopic (exact) mass is 219 g/mol. The lowest BCUT2D eigenvalue weighted by Crippen LogP contribution is -2.14. The highest BCUT2D eigenvalue weighted by molar-refractivity contribution is 5.85. The number of hydroxylamine groups is 1. The molecule has 0 unspecified atom stereocenters. The second-order valence-electron chi connectivity index (χ2n) is 2.67. The molecule has 0 heterocycles. The molecule has 0 radical (unpaired) electrons.